The Morgan fingerprint density at radius 1 is 0.973 bits per heavy atom. The standard InChI is InChI=1S/C27H30Cl2N4O4/c1-3-37-26(35)23-22(31(2)27(36)30-24(23)18-5-9-20(28)10-6-18)17-32-13-4-14-33(16-15-32)25(34)19-7-11-21(29)12-8-19/h5-12,24H,3-4,13-17H2,1-2H3,(H,30,36)/t24-/m1/s1. The Morgan fingerprint density at radius 2 is 1.62 bits per heavy atom. The molecule has 37 heavy (non-hydrogen) atoms. The van der Waals surface area contributed by atoms with E-state index in [-0.39, 0.29) is 18.5 Å². The lowest BCUT2D eigenvalue weighted by molar-refractivity contribution is -0.139. The van der Waals surface area contributed by atoms with E-state index >= 15 is 0 Å². The molecule has 0 unspecified atom stereocenters. The average Bonchev–Trinajstić information content (AvgIpc) is 3.13. The van der Waals surface area contributed by atoms with Crippen LogP contribution in [0.2, 0.25) is 10.0 Å². The minimum atomic E-state index is -0.662. The SMILES string of the molecule is CCOC(=O)C1=C(CN2CCCN(C(=O)c3ccc(Cl)cc3)CC2)N(C)C(=O)N[C@@H]1c1ccc(Cl)cc1. The normalized spacial score (nSPS) is 18.9. The van der Waals surface area contributed by atoms with Gasteiger partial charge >= 0.3 is 12.0 Å². The van der Waals surface area contributed by atoms with Crippen molar-refractivity contribution in [2.75, 3.05) is 46.4 Å². The number of amides is 3. The van der Waals surface area contributed by atoms with Gasteiger partial charge in [-0.05, 0) is 55.3 Å². The molecule has 10 heteroatoms. The molecule has 3 amide bonds. The van der Waals surface area contributed by atoms with Crippen LogP contribution in [0.15, 0.2) is 59.8 Å². The fourth-order valence-electron chi connectivity index (χ4n) is 4.62. The summed E-state index contributed by atoms with van der Waals surface area (Å²) < 4.78 is 5.41. The minimum Gasteiger partial charge on any atom is -0.463 e. The summed E-state index contributed by atoms with van der Waals surface area (Å²) in [6, 6.07) is 13.0. The average molecular weight is 545 g/mol. The van der Waals surface area contributed by atoms with Crippen molar-refractivity contribution in [3.8, 4) is 0 Å². The minimum absolute atomic E-state index is 0.0399. The van der Waals surface area contributed by atoms with Gasteiger partial charge in [-0.2, -0.15) is 0 Å². The monoisotopic (exact) mass is 544 g/mol. The molecule has 2 heterocycles. The predicted octanol–water partition coefficient (Wildman–Crippen LogP) is 4.35. The number of carbonyl (C=O) groups excluding carboxylic acids is 3. The van der Waals surface area contributed by atoms with Crippen LogP contribution in [0.3, 0.4) is 0 Å². The van der Waals surface area contributed by atoms with Crippen molar-refractivity contribution in [2.24, 2.45) is 0 Å². The van der Waals surface area contributed by atoms with Crippen LogP contribution < -0.4 is 5.32 Å². The van der Waals surface area contributed by atoms with Gasteiger partial charge in [-0.25, -0.2) is 9.59 Å². The third kappa shape index (κ3) is 6.26. The number of carbonyl (C=O) groups is 3. The number of benzene rings is 2. The molecule has 0 spiro atoms. The maximum Gasteiger partial charge on any atom is 0.338 e. The van der Waals surface area contributed by atoms with Crippen LogP contribution in [0.25, 0.3) is 0 Å². The quantitative estimate of drug-likeness (QED) is 0.546. The van der Waals surface area contributed by atoms with Crippen LogP contribution in [-0.2, 0) is 9.53 Å². The topological polar surface area (TPSA) is 82.2 Å². The highest BCUT2D eigenvalue weighted by Crippen LogP contribution is 2.32. The van der Waals surface area contributed by atoms with Crippen LogP contribution in [0.5, 0.6) is 0 Å². The third-order valence-corrected chi connectivity index (χ3v) is 7.12. The largest absolute Gasteiger partial charge is 0.463 e. The second-order valence-corrected chi connectivity index (χ2v) is 9.88. The molecule has 1 N–H and O–H groups in total. The van der Waals surface area contributed by atoms with E-state index in [9.17, 15) is 14.4 Å². The van der Waals surface area contributed by atoms with E-state index < -0.39 is 12.0 Å². The summed E-state index contributed by atoms with van der Waals surface area (Å²) in [5, 5.41) is 4.07. The Balaban J connectivity index is 1.58. The first kappa shape index (κ1) is 27.0. The van der Waals surface area contributed by atoms with Crippen molar-refractivity contribution < 1.29 is 19.1 Å². The van der Waals surface area contributed by atoms with E-state index in [0.717, 1.165) is 12.0 Å². The Bertz CT molecular complexity index is 1180. The molecule has 1 atom stereocenters. The molecular weight excluding hydrogens is 515 g/mol. The molecule has 0 aliphatic carbocycles. The van der Waals surface area contributed by atoms with E-state index in [1.807, 2.05) is 4.90 Å². The fourth-order valence-corrected chi connectivity index (χ4v) is 4.87. The highest BCUT2D eigenvalue weighted by molar-refractivity contribution is 6.30. The number of nitrogens with one attached hydrogen (secondary N) is 1. The van der Waals surface area contributed by atoms with Crippen molar-refractivity contribution in [1.29, 1.82) is 0 Å². The summed E-state index contributed by atoms with van der Waals surface area (Å²) in [4.78, 5) is 44.6. The number of esters is 1. The zero-order valence-electron chi connectivity index (χ0n) is 20.9. The van der Waals surface area contributed by atoms with Crippen LogP contribution in [-0.4, -0.2) is 79.0 Å². The summed E-state index contributed by atoms with van der Waals surface area (Å²) in [7, 11) is 1.65. The van der Waals surface area contributed by atoms with E-state index in [1.165, 1.54) is 4.90 Å². The number of likely N-dealkylation sites (N-methyl/N-ethyl adjacent to an activating group) is 1. The number of rotatable bonds is 6. The van der Waals surface area contributed by atoms with Crippen LogP contribution in [0, 0.1) is 0 Å². The van der Waals surface area contributed by atoms with Crippen molar-refractivity contribution in [2.45, 2.75) is 19.4 Å². The molecule has 2 aliphatic heterocycles. The summed E-state index contributed by atoms with van der Waals surface area (Å²) in [5.74, 6) is -0.513. The van der Waals surface area contributed by atoms with Gasteiger partial charge in [0.2, 0.25) is 0 Å². The van der Waals surface area contributed by atoms with Crippen LogP contribution in [0.1, 0.15) is 35.3 Å². The van der Waals surface area contributed by atoms with Crippen molar-refractivity contribution >= 4 is 41.1 Å². The summed E-state index contributed by atoms with van der Waals surface area (Å²) >= 11 is 12.0. The molecule has 0 aromatic heterocycles. The first-order valence-electron chi connectivity index (χ1n) is 12.3. The number of halogens is 2. The van der Waals surface area contributed by atoms with Gasteiger partial charge in [-0.15, -0.1) is 0 Å². The maximum atomic E-state index is 13.2. The molecule has 196 valence electrons. The molecule has 2 aromatic rings. The second-order valence-electron chi connectivity index (χ2n) is 9.00. The molecule has 8 nitrogen and oxygen atoms in total. The number of ether oxygens (including phenoxy) is 1. The zero-order valence-corrected chi connectivity index (χ0v) is 22.4. The van der Waals surface area contributed by atoms with Gasteiger partial charge in [0.1, 0.15) is 0 Å². The lowest BCUT2D eigenvalue weighted by Gasteiger charge is -2.36. The molecule has 1 fully saturated rings. The Hall–Kier alpha value is -3.07. The molecule has 0 saturated carbocycles. The molecule has 2 aliphatic rings. The van der Waals surface area contributed by atoms with Gasteiger partial charge in [0.25, 0.3) is 5.91 Å². The van der Waals surface area contributed by atoms with Gasteiger partial charge in [-0.3, -0.25) is 14.6 Å². The summed E-state index contributed by atoms with van der Waals surface area (Å²) in [5.41, 5.74) is 2.31. The maximum absolute atomic E-state index is 13.2. The highest BCUT2D eigenvalue weighted by Gasteiger charge is 2.37. The van der Waals surface area contributed by atoms with Crippen LogP contribution in [0.4, 0.5) is 4.79 Å². The highest BCUT2D eigenvalue weighted by atomic mass is 35.5. The van der Waals surface area contributed by atoms with Gasteiger partial charge in [-0.1, -0.05) is 35.3 Å². The Kier molecular flexibility index (Phi) is 8.74. The molecule has 0 bridgehead atoms. The molecule has 4 rings (SSSR count). The van der Waals surface area contributed by atoms with Crippen molar-refractivity contribution in [1.82, 2.24) is 20.0 Å². The van der Waals surface area contributed by atoms with Gasteiger partial charge in [0, 0.05) is 61.1 Å². The zero-order chi connectivity index (χ0) is 26.5. The molecule has 2 aromatic carbocycles. The fraction of sp³-hybridized carbons (Fsp3) is 0.370. The van der Waals surface area contributed by atoms with Crippen molar-refractivity contribution in [3.05, 3.63) is 81.0 Å². The van der Waals surface area contributed by atoms with Crippen LogP contribution >= 0.6 is 23.2 Å². The van der Waals surface area contributed by atoms with E-state index in [0.29, 0.717) is 59.6 Å². The first-order chi connectivity index (χ1) is 17.8. The van der Waals surface area contributed by atoms with E-state index in [1.54, 1.807) is 62.5 Å². The Labute approximate surface area is 226 Å². The number of hydrogen-bond donors (Lipinski definition) is 1. The predicted molar refractivity (Wildman–Crippen MR) is 143 cm³/mol. The lowest BCUT2D eigenvalue weighted by atomic mass is 9.94. The van der Waals surface area contributed by atoms with E-state index in [2.05, 4.69) is 10.2 Å². The first-order valence-corrected chi connectivity index (χ1v) is 13.0. The number of hydrogen-bond acceptors (Lipinski definition) is 5. The summed E-state index contributed by atoms with van der Waals surface area (Å²) in [6.45, 7) is 4.79. The Morgan fingerprint density at radius 3 is 2.27 bits per heavy atom. The van der Waals surface area contributed by atoms with Gasteiger partial charge < -0.3 is 15.0 Å². The van der Waals surface area contributed by atoms with Crippen molar-refractivity contribution in [3.63, 3.8) is 0 Å². The van der Waals surface area contributed by atoms with Gasteiger partial charge in [0.15, 0.2) is 0 Å². The smallest absolute Gasteiger partial charge is 0.338 e. The lowest BCUT2D eigenvalue weighted by Crippen LogP contribution is -2.49. The number of nitrogens with zero attached hydrogens (tertiary/aromatic N) is 3. The second kappa shape index (κ2) is 12.0. The molecular formula is C27H30Cl2N4O4. The third-order valence-electron chi connectivity index (χ3n) is 6.62. The van der Waals surface area contributed by atoms with E-state index in [4.69, 9.17) is 27.9 Å². The molecule has 0 radical (unpaired) electrons. The number of urea groups is 1. The molecule has 1 saturated heterocycles. The summed E-state index contributed by atoms with van der Waals surface area (Å²) in [6.07, 6.45) is 0.762. The van der Waals surface area contributed by atoms with Gasteiger partial charge in [0.05, 0.1) is 18.2 Å².